The van der Waals surface area contributed by atoms with Crippen molar-refractivity contribution in [3.05, 3.63) is 144 Å². The van der Waals surface area contributed by atoms with E-state index in [1.165, 1.54) is 35.1 Å². The summed E-state index contributed by atoms with van der Waals surface area (Å²) in [5.41, 5.74) is 5.11. The van der Waals surface area contributed by atoms with Crippen LogP contribution >= 0.6 is 0 Å². The largest absolute Gasteiger partial charge is 0.299 e. The molecule has 0 bridgehead atoms. The highest BCUT2D eigenvalue weighted by atomic mass is 16.1. The number of hydrogen-bond donors (Lipinski definition) is 0. The minimum absolute atomic E-state index is 0.0841. The lowest BCUT2D eigenvalue weighted by atomic mass is 9.60. The predicted molar refractivity (Wildman–Crippen MR) is 207 cm³/mol. The molecule has 0 saturated carbocycles. The van der Waals surface area contributed by atoms with Gasteiger partial charge in [0.15, 0.2) is 0 Å². The number of hydrogen-bond acceptors (Lipinski definition) is 1. The zero-order chi connectivity index (χ0) is 34.9. The van der Waals surface area contributed by atoms with Gasteiger partial charge < -0.3 is 0 Å². The second-order valence-corrected chi connectivity index (χ2v) is 16.6. The van der Waals surface area contributed by atoms with E-state index < -0.39 is 5.41 Å². The van der Waals surface area contributed by atoms with Gasteiger partial charge in [-0.25, -0.2) is 0 Å². The Morgan fingerprint density at radius 1 is 0.458 bits per heavy atom. The fraction of sp³-hybridized carbons (Fsp3) is 0.468. The Balaban J connectivity index is 1.51. The van der Waals surface area contributed by atoms with Crippen LogP contribution in [-0.2, 0) is 26.5 Å². The number of Topliss-reactive ketones (excluding diaryl/α,β-unsaturated/α-hetero) is 1. The zero-order valence-electron chi connectivity index (χ0n) is 31.3. The standard InChI is InChI=1S/C47H62O/c1-9-44(5,40-27-17-11-18-28-40)36-45(6,41-29-19-12-20-30-41)33-23-14-24-34-46(7,42-31-21-13-22-32-42)37-47(8,38(2)48)35-43(3,4)39-25-15-10-16-26-39/h10-13,15-22,25-32H,9,14,23-24,33-37H2,1-8H3. The first-order valence-electron chi connectivity index (χ1n) is 18.5. The summed E-state index contributed by atoms with van der Waals surface area (Å²) in [5.74, 6) is 0.296. The van der Waals surface area contributed by atoms with Crippen LogP contribution in [0.4, 0.5) is 0 Å². The first-order valence-corrected chi connectivity index (χ1v) is 18.5. The normalized spacial score (nSPS) is 17.0. The van der Waals surface area contributed by atoms with Gasteiger partial charge in [-0.3, -0.25) is 4.79 Å². The van der Waals surface area contributed by atoms with E-state index >= 15 is 0 Å². The van der Waals surface area contributed by atoms with E-state index in [4.69, 9.17) is 0 Å². The molecule has 1 heteroatoms. The van der Waals surface area contributed by atoms with Crippen molar-refractivity contribution in [2.24, 2.45) is 5.41 Å². The Labute approximate surface area is 293 Å². The van der Waals surface area contributed by atoms with Crippen molar-refractivity contribution in [3.63, 3.8) is 0 Å². The molecule has 4 rings (SSSR count). The fourth-order valence-corrected chi connectivity index (χ4v) is 8.83. The molecule has 0 spiro atoms. The Bertz CT molecular complexity index is 1540. The molecule has 4 aromatic carbocycles. The smallest absolute Gasteiger partial charge is 0.135 e. The minimum Gasteiger partial charge on any atom is -0.299 e. The summed E-state index contributed by atoms with van der Waals surface area (Å²) >= 11 is 0. The molecule has 0 amide bonds. The average Bonchev–Trinajstić information content (AvgIpc) is 3.09. The van der Waals surface area contributed by atoms with Crippen molar-refractivity contribution in [1.82, 2.24) is 0 Å². The lowest BCUT2D eigenvalue weighted by Gasteiger charge is -2.43. The molecule has 48 heavy (non-hydrogen) atoms. The summed E-state index contributed by atoms with van der Waals surface area (Å²) in [7, 11) is 0. The van der Waals surface area contributed by atoms with E-state index in [9.17, 15) is 4.79 Å². The van der Waals surface area contributed by atoms with Crippen LogP contribution in [0.2, 0.25) is 0 Å². The van der Waals surface area contributed by atoms with Crippen LogP contribution in [0.15, 0.2) is 121 Å². The molecule has 0 aliphatic heterocycles. The molecular formula is C47H62O. The van der Waals surface area contributed by atoms with Crippen LogP contribution in [0.1, 0.15) is 135 Å². The molecule has 0 aromatic heterocycles. The van der Waals surface area contributed by atoms with Crippen LogP contribution in [0.5, 0.6) is 0 Å². The van der Waals surface area contributed by atoms with E-state index in [-0.39, 0.29) is 21.7 Å². The van der Waals surface area contributed by atoms with Crippen LogP contribution in [-0.4, -0.2) is 5.78 Å². The van der Waals surface area contributed by atoms with Gasteiger partial charge >= 0.3 is 0 Å². The summed E-state index contributed by atoms with van der Waals surface area (Å²) in [6.07, 6.45) is 9.68. The van der Waals surface area contributed by atoms with Gasteiger partial charge in [0, 0.05) is 5.41 Å². The van der Waals surface area contributed by atoms with E-state index in [0.717, 1.165) is 44.9 Å². The second kappa shape index (κ2) is 15.8. The number of carbonyl (C=O) groups excluding carboxylic acids is 1. The molecule has 0 aliphatic carbocycles. The van der Waals surface area contributed by atoms with Crippen LogP contribution in [0.25, 0.3) is 0 Å². The summed E-state index contributed by atoms with van der Waals surface area (Å²) in [6, 6.07) is 44.1. The first kappa shape index (κ1) is 37.4. The van der Waals surface area contributed by atoms with Gasteiger partial charge in [0.05, 0.1) is 0 Å². The molecule has 0 saturated heterocycles. The maximum atomic E-state index is 13.5. The molecule has 1 nitrogen and oxygen atoms in total. The molecule has 0 fully saturated rings. The quantitative estimate of drug-likeness (QED) is 0.0987. The van der Waals surface area contributed by atoms with Crippen LogP contribution in [0, 0.1) is 5.41 Å². The van der Waals surface area contributed by atoms with E-state index in [2.05, 4.69) is 170 Å². The number of carbonyl (C=O) groups is 1. The highest BCUT2D eigenvalue weighted by molar-refractivity contribution is 5.82. The summed E-state index contributed by atoms with van der Waals surface area (Å²) in [4.78, 5) is 13.5. The maximum Gasteiger partial charge on any atom is 0.135 e. The minimum atomic E-state index is -0.433. The number of benzene rings is 4. The Morgan fingerprint density at radius 3 is 1.19 bits per heavy atom. The Morgan fingerprint density at radius 2 is 0.812 bits per heavy atom. The second-order valence-electron chi connectivity index (χ2n) is 16.6. The lowest BCUT2D eigenvalue weighted by molar-refractivity contribution is -0.128. The summed E-state index contributed by atoms with van der Waals surface area (Å²) in [5, 5.41) is 0. The fourth-order valence-electron chi connectivity index (χ4n) is 8.83. The average molecular weight is 643 g/mol. The summed E-state index contributed by atoms with van der Waals surface area (Å²) < 4.78 is 0. The van der Waals surface area contributed by atoms with Gasteiger partial charge in [-0.15, -0.1) is 0 Å². The SMILES string of the molecule is CCC(C)(CC(C)(CCCCCC(C)(CC(C)(CC(C)(C)c1ccccc1)C(C)=O)c1ccccc1)c1ccccc1)c1ccccc1. The molecule has 0 N–H and O–H groups in total. The number of ketones is 1. The van der Waals surface area contributed by atoms with Crippen LogP contribution < -0.4 is 0 Å². The lowest BCUT2D eigenvalue weighted by Crippen LogP contribution is -2.40. The summed E-state index contributed by atoms with van der Waals surface area (Å²) in [6.45, 7) is 18.4. The highest BCUT2D eigenvalue weighted by Gasteiger charge is 2.43. The van der Waals surface area contributed by atoms with E-state index in [0.29, 0.717) is 5.78 Å². The van der Waals surface area contributed by atoms with Crippen molar-refractivity contribution in [3.8, 4) is 0 Å². The van der Waals surface area contributed by atoms with E-state index in [1.54, 1.807) is 0 Å². The van der Waals surface area contributed by atoms with E-state index in [1.807, 2.05) is 6.92 Å². The van der Waals surface area contributed by atoms with Gasteiger partial charge in [-0.1, -0.05) is 189 Å². The van der Waals surface area contributed by atoms with Gasteiger partial charge in [0.2, 0.25) is 0 Å². The molecule has 0 radical (unpaired) electrons. The molecular weight excluding hydrogens is 581 g/mol. The number of rotatable bonds is 18. The van der Waals surface area contributed by atoms with Gasteiger partial charge in [0.25, 0.3) is 0 Å². The molecule has 4 atom stereocenters. The number of unbranched alkanes of at least 4 members (excludes halogenated alkanes) is 2. The Kier molecular flexibility index (Phi) is 12.3. The first-order chi connectivity index (χ1) is 22.8. The molecule has 0 aliphatic rings. The maximum absolute atomic E-state index is 13.5. The Hall–Kier alpha value is -3.45. The predicted octanol–water partition coefficient (Wildman–Crippen LogP) is 13.0. The van der Waals surface area contributed by atoms with Gasteiger partial charge in [-0.05, 0) is 89.4 Å². The van der Waals surface area contributed by atoms with Crippen LogP contribution in [0.3, 0.4) is 0 Å². The van der Waals surface area contributed by atoms with Crippen molar-refractivity contribution in [2.75, 3.05) is 0 Å². The molecule has 4 unspecified atom stereocenters. The van der Waals surface area contributed by atoms with Crippen molar-refractivity contribution >= 4 is 5.78 Å². The van der Waals surface area contributed by atoms with Gasteiger partial charge in [0.1, 0.15) is 5.78 Å². The molecule has 0 heterocycles. The van der Waals surface area contributed by atoms with Crippen molar-refractivity contribution < 1.29 is 4.79 Å². The van der Waals surface area contributed by atoms with Crippen molar-refractivity contribution in [2.45, 2.75) is 135 Å². The third-order valence-electron chi connectivity index (χ3n) is 11.9. The van der Waals surface area contributed by atoms with Crippen molar-refractivity contribution in [1.29, 1.82) is 0 Å². The van der Waals surface area contributed by atoms with Gasteiger partial charge in [-0.2, -0.15) is 0 Å². The topological polar surface area (TPSA) is 17.1 Å². The molecule has 256 valence electrons. The highest BCUT2D eigenvalue weighted by Crippen LogP contribution is 2.48. The zero-order valence-corrected chi connectivity index (χ0v) is 31.3. The molecule has 4 aromatic rings. The third-order valence-corrected chi connectivity index (χ3v) is 11.9. The monoisotopic (exact) mass is 642 g/mol. The third kappa shape index (κ3) is 9.16.